The summed E-state index contributed by atoms with van der Waals surface area (Å²) in [6.07, 6.45) is 2.22. The second kappa shape index (κ2) is 8.21. The highest BCUT2D eigenvalue weighted by Gasteiger charge is 2.27. The lowest BCUT2D eigenvalue weighted by Crippen LogP contribution is -2.16. The molecule has 0 atom stereocenters. The molecule has 9 nitrogen and oxygen atoms in total. The largest absolute Gasteiger partial charge is 0.465 e. The number of carbonyl (C=O) groups is 3. The lowest BCUT2D eigenvalue weighted by Gasteiger charge is -2.09. The number of ether oxygens (including phenoxy) is 2. The zero-order valence-electron chi connectivity index (χ0n) is 14.8. The zero-order valence-corrected chi connectivity index (χ0v) is 15.6. The molecular formula is C17H18N4O5S. The molecule has 142 valence electrons. The topological polar surface area (TPSA) is 123 Å². The first kappa shape index (κ1) is 18.9. The number of aromatic nitrogens is 3. The van der Waals surface area contributed by atoms with E-state index < -0.39 is 11.9 Å². The monoisotopic (exact) mass is 390 g/mol. The maximum atomic E-state index is 12.2. The molecule has 1 amide bonds. The van der Waals surface area contributed by atoms with E-state index in [1.807, 2.05) is 0 Å². The number of thioether (sulfide) groups is 1. The number of aromatic amines is 1. The van der Waals surface area contributed by atoms with E-state index in [-0.39, 0.29) is 28.5 Å². The van der Waals surface area contributed by atoms with Gasteiger partial charge in [-0.05, 0) is 31.0 Å². The summed E-state index contributed by atoms with van der Waals surface area (Å²) in [6.45, 7) is 0. The zero-order chi connectivity index (χ0) is 19.4. The molecule has 1 aliphatic rings. The van der Waals surface area contributed by atoms with Crippen LogP contribution in [0.25, 0.3) is 0 Å². The number of hydrogen-bond donors (Lipinski definition) is 2. The summed E-state index contributed by atoms with van der Waals surface area (Å²) >= 11 is 1.20. The van der Waals surface area contributed by atoms with Crippen LogP contribution in [0.3, 0.4) is 0 Å². The minimum absolute atomic E-state index is 0.0813. The number of methoxy groups -OCH3 is 2. The molecule has 1 aromatic carbocycles. The van der Waals surface area contributed by atoms with Crippen molar-refractivity contribution < 1.29 is 23.9 Å². The molecule has 0 saturated heterocycles. The van der Waals surface area contributed by atoms with E-state index in [1.54, 1.807) is 0 Å². The van der Waals surface area contributed by atoms with Gasteiger partial charge in [0.15, 0.2) is 0 Å². The molecule has 1 saturated carbocycles. The van der Waals surface area contributed by atoms with E-state index in [9.17, 15) is 14.4 Å². The molecule has 27 heavy (non-hydrogen) atoms. The van der Waals surface area contributed by atoms with Gasteiger partial charge >= 0.3 is 11.9 Å². The van der Waals surface area contributed by atoms with Crippen molar-refractivity contribution in [2.75, 3.05) is 25.3 Å². The number of H-pyrrole nitrogens is 1. The molecule has 2 aromatic rings. The molecule has 0 bridgehead atoms. The van der Waals surface area contributed by atoms with Gasteiger partial charge in [0.05, 0.1) is 31.1 Å². The summed E-state index contributed by atoms with van der Waals surface area (Å²) in [5.74, 6) is -0.184. The van der Waals surface area contributed by atoms with Crippen molar-refractivity contribution in [1.29, 1.82) is 0 Å². The fourth-order valence-corrected chi connectivity index (χ4v) is 2.97. The lowest BCUT2D eigenvalue weighted by atomic mass is 10.1. The van der Waals surface area contributed by atoms with Gasteiger partial charge in [0.2, 0.25) is 11.1 Å². The maximum Gasteiger partial charge on any atom is 0.337 e. The molecule has 1 aliphatic carbocycles. The van der Waals surface area contributed by atoms with Crippen molar-refractivity contribution in [3.63, 3.8) is 0 Å². The van der Waals surface area contributed by atoms with Gasteiger partial charge in [-0.25, -0.2) is 14.6 Å². The van der Waals surface area contributed by atoms with Crippen LogP contribution in [0.15, 0.2) is 23.4 Å². The Morgan fingerprint density at radius 2 is 1.78 bits per heavy atom. The van der Waals surface area contributed by atoms with E-state index in [1.165, 1.54) is 44.2 Å². The molecule has 0 spiro atoms. The van der Waals surface area contributed by atoms with E-state index >= 15 is 0 Å². The molecule has 3 rings (SSSR count). The summed E-state index contributed by atoms with van der Waals surface area (Å²) in [6, 6.07) is 4.20. The molecule has 0 radical (unpaired) electrons. The maximum absolute atomic E-state index is 12.2. The predicted octanol–water partition coefficient (Wildman–Crippen LogP) is 1.99. The molecular weight excluding hydrogens is 372 g/mol. The van der Waals surface area contributed by atoms with Crippen LogP contribution in [0.1, 0.15) is 45.3 Å². The Kier molecular flexibility index (Phi) is 5.75. The van der Waals surface area contributed by atoms with E-state index in [2.05, 4.69) is 30.0 Å². The van der Waals surface area contributed by atoms with Crippen molar-refractivity contribution in [2.45, 2.75) is 23.9 Å². The molecule has 0 aliphatic heterocycles. The first-order chi connectivity index (χ1) is 13.0. The molecule has 0 unspecified atom stereocenters. The number of carbonyl (C=O) groups excluding carboxylic acids is 3. The normalized spacial score (nSPS) is 13.1. The number of amides is 1. The minimum Gasteiger partial charge on any atom is -0.465 e. The number of esters is 2. The standard InChI is InChI=1S/C17H18N4O5S/c1-25-15(23)10-5-11(16(24)26-2)7-12(6-10)18-13(22)8-27-17-19-14(20-21-17)9-3-4-9/h5-7,9H,3-4,8H2,1-2H3,(H,18,22)(H,19,20,21). The quantitative estimate of drug-likeness (QED) is 0.543. The SMILES string of the molecule is COC(=O)c1cc(NC(=O)CSc2n[nH]c(C3CC3)n2)cc(C(=O)OC)c1. The number of nitrogens with one attached hydrogen (secondary N) is 2. The average Bonchev–Trinajstić information content (AvgIpc) is 3.42. The van der Waals surface area contributed by atoms with Crippen molar-refractivity contribution in [1.82, 2.24) is 15.2 Å². The Hall–Kier alpha value is -2.88. The smallest absolute Gasteiger partial charge is 0.337 e. The van der Waals surface area contributed by atoms with Gasteiger partial charge in [-0.1, -0.05) is 11.8 Å². The van der Waals surface area contributed by atoms with Crippen molar-refractivity contribution >= 4 is 35.3 Å². The van der Waals surface area contributed by atoms with Crippen LogP contribution in [0.5, 0.6) is 0 Å². The number of hydrogen-bond acceptors (Lipinski definition) is 8. The Labute approximate surface area is 159 Å². The Morgan fingerprint density at radius 3 is 2.33 bits per heavy atom. The first-order valence-corrected chi connectivity index (χ1v) is 9.15. The van der Waals surface area contributed by atoms with Crippen molar-refractivity contribution in [2.24, 2.45) is 0 Å². The Morgan fingerprint density at radius 1 is 1.15 bits per heavy atom. The summed E-state index contributed by atoms with van der Waals surface area (Å²) in [7, 11) is 2.46. The molecule has 1 aromatic heterocycles. The van der Waals surface area contributed by atoms with Crippen LogP contribution in [0.4, 0.5) is 5.69 Å². The van der Waals surface area contributed by atoms with Gasteiger partial charge in [-0.15, -0.1) is 5.10 Å². The van der Waals surface area contributed by atoms with Crippen molar-refractivity contribution in [3.05, 3.63) is 35.2 Å². The number of nitrogens with zero attached hydrogens (tertiary/aromatic N) is 2. The average molecular weight is 390 g/mol. The van der Waals surface area contributed by atoms with E-state index in [4.69, 9.17) is 0 Å². The van der Waals surface area contributed by atoms with E-state index in [0.29, 0.717) is 11.1 Å². The molecule has 10 heteroatoms. The minimum atomic E-state index is -0.626. The van der Waals surface area contributed by atoms with Crippen LogP contribution in [0, 0.1) is 0 Å². The summed E-state index contributed by atoms with van der Waals surface area (Å²) in [5.41, 5.74) is 0.551. The van der Waals surface area contributed by atoms with Crippen LogP contribution in [-0.4, -0.2) is 53.0 Å². The van der Waals surface area contributed by atoms with Gasteiger partial charge in [0, 0.05) is 11.6 Å². The third kappa shape index (κ3) is 4.85. The van der Waals surface area contributed by atoms with Crippen LogP contribution in [-0.2, 0) is 14.3 Å². The summed E-state index contributed by atoms with van der Waals surface area (Å²) < 4.78 is 9.34. The second-order valence-corrected chi connectivity index (χ2v) is 6.84. The van der Waals surface area contributed by atoms with Gasteiger partial charge in [-0.2, -0.15) is 0 Å². The molecule has 1 fully saturated rings. The van der Waals surface area contributed by atoms with Gasteiger partial charge < -0.3 is 14.8 Å². The highest BCUT2D eigenvalue weighted by molar-refractivity contribution is 7.99. The summed E-state index contributed by atoms with van der Waals surface area (Å²) in [4.78, 5) is 40.1. The van der Waals surface area contributed by atoms with Crippen molar-refractivity contribution in [3.8, 4) is 0 Å². The first-order valence-electron chi connectivity index (χ1n) is 8.17. The fraction of sp³-hybridized carbons (Fsp3) is 0.353. The Bertz CT molecular complexity index is 844. The summed E-state index contributed by atoms with van der Waals surface area (Å²) in [5, 5.41) is 10.1. The lowest BCUT2D eigenvalue weighted by molar-refractivity contribution is -0.113. The van der Waals surface area contributed by atoms with Gasteiger partial charge in [-0.3, -0.25) is 9.89 Å². The predicted molar refractivity (Wildman–Crippen MR) is 96.8 cm³/mol. The molecule has 2 N–H and O–H groups in total. The number of rotatable bonds is 7. The van der Waals surface area contributed by atoms with Gasteiger partial charge in [0.25, 0.3) is 0 Å². The fourth-order valence-electron chi connectivity index (χ4n) is 2.36. The molecule has 1 heterocycles. The number of benzene rings is 1. The third-order valence-corrected chi connectivity index (χ3v) is 4.68. The second-order valence-electron chi connectivity index (χ2n) is 5.90. The third-order valence-electron chi connectivity index (χ3n) is 3.84. The number of anilines is 1. The van der Waals surface area contributed by atoms with Gasteiger partial charge in [0.1, 0.15) is 5.82 Å². The highest BCUT2D eigenvalue weighted by atomic mass is 32.2. The van der Waals surface area contributed by atoms with Crippen LogP contribution >= 0.6 is 11.8 Å². The van der Waals surface area contributed by atoms with E-state index in [0.717, 1.165) is 18.7 Å². The highest BCUT2D eigenvalue weighted by Crippen LogP contribution is 2.38. The van der Waals surface area contributed by atoms with Crippen LogP contribution < -0.4 is 5.32 Å². The Balaban J connectivity index is 1.66. The van der Waals surface area contributed by atoms with Crippen LogP contribution in [0.2, 0.25) is 0 Å².